The van der Waals surface area contributed by atoms with Gasteiger partial charge in [0.05, 0.1) is 13.7 Å². The summed E-state index contributed by atoms with van der Waals surface area (Å²) in [6.45, 7) is 3.62. The average molecular weight is 335 g/mol. The molecule has 1 heterocycles. The van der Waals surface area contributed by atoms with Gasteiger partial charge >= 0.3 is 6.03 Å². The number of hydrogen-bond acceptors (Lipinski definition) is 4. The maximum absolute atomic E-state index is 12.7. The third kappa shape index (κ3) is 5.69. The molecule has 6 nitrogen and oxygen atoms in total. The zero-order chi connectivity index (χ0) is 17.4. The van der Waals surface area contributed by atoms with Crippen LogP contribution in [0.1, 0.15) is 18.4 Å². The second-order valence-electron chi connectivity index (χ2n) is 6.32. The summed E-state index contributed by atoms with van der Waals surface area (Å²) in [6.07, 6.45) is 2.16. The summed E-state index contributed by atoms with van der Waals surface area (Å²) in [5.41, 5.74) is 1.04. The fraction of sp³-hybridized carbons (Fsp3) is 0.611. The van der Waals surface area contributed by atoms with E-state index in [9.17, 15) is 4.79 Å². The lowest BCUT2D eigenvalue weighted by atomic mass is 10.1. The highest BCUT2D eigenvalue weighted by Crippen LogP contribution is 2.15. The molecule has 0 aliphatic carbocycles. The van der Waals surface area contributed by atoms with E-state index in [0.29, 0.717) is 19.7 Å². The van der Waals surface area contributed by atoms with Gasteiger partial charge in [-0.2, -0.15) is 0 Å². The van der Waals surface area contributed by atoms with E-state index in [1.54, 1.807) is 19.1 Å². The molecule has 0 bridgehead atoms. The number of piperidine rings is 1. The molecule has 1 N–H and O–H groups in total. The second kappa shape index (κ2) is 9.49. The smallest absolute Gasteiger partial charge is 0.318 e. The van der Waals surface area contributed by atoms with Crippen LogP contribution in [-0.2, 0) is 11.3 Å². The highest BCUT2D eigenvalue weighted by Gasteiger charge is 2.22. The Kier molecular flexibility index (Phi) is 7.34. The van der Waals surface area contributed by atoms with E-state index in [1.807, 2.05) is 24.3 Å². The summed E-state index contributed by atoms with van der Waals surface area (Å²) in [5.74, 6) is 0.800. The van der Waals surface area contributed by atoms with Gasteiger partial charge < -0.3 is 24.6 Å². The first-order valence-corrected chi connectivity index (χ1v) is 8.48. The quantitative estimate of drug-likeness (QED) is 0.827. The standard InChI is InChI=1S/C18H29N3O3/c1-20-9-5-7-16(14-20)19-18(22)21(10-11-23-2)13-15-6-4-8-17(12-15)24-3/h4,6,8,12,16H,5,7,9-11,13-14H2,1-3H3,(H,19,22)/t16-/m1/s1. The van der Waals surface area contributed by atoms with E-state index in [-0.39, 0.29) is 12.1 Å². The molecule has 0 saturated carbocycles. The van der Waals surface area contributed by atoms with Crippen LogP contribution in [0.3, 0.4) is 0 Å². The molecule has 1 fully saturated rings. The molecule has 1 aromatic rings. The number of urea groups is 1. The van der Waals surface area contributed by atoms with Crippen molar-refractivity contribution in [1.82, 2.24) is 15.1 Å². The molecular formula is C18H29N3O3. The lowest BCUT2D eigenvalue weighted by molar-refractivity contribution is 0.140. The van der Waals surface area contributed by atoms with Crippen LogP contribution in [0.15, 0.2) is 24.3 Å². The second-order valence-corrected chi connectivity index (χ2v) is 6.32. The zero-order valence-electron chi connectivity index (χ0n) is 15.0. The predicted molar refractivity (Wildman–Crippen MR) is 94.3 cm³/mol. The number of methoxy groups -OCH3 is 2. The number of carbonyl (C=O) groups excluding carboxylic acids is 1. The van der Waals surface area contributed by atoms with Gasteiger partial charge in [0, 0.05) is 32.8 Å². The molecular weight excluding hydrogens is 306 g/mol. The Bertz CT molecular complexity index is 524. The number of hydrogen-bond donors (Lipinski definition) is 1. The topological polar surface area (TPSA) is 54.0 Å². The molecule has 2 amide bonds. The van der Waals surface area contributed by atoms with E-state index in [2.05, 4.69) is 17.3 Å². The van der Waals surface area contributed by atoms with Crippen molar-refractivity contribution in [3.63, 3.8) is 0 Å². The zero-order valence-corrected chi connectivity index (χ0v) is 15.0. The molecule has 1 aliphatic rings. The third-order valence-electron chi connectivity index (χ3n) is 4.31. The van der Waals surface area contributed by atoms with Crippen LogP contribution in [0.25, 0.3) is 0 Å². The monoisotopic (exact) mass is 335 g/mol. The molecule has 1 atom stereocenters. The predicted octanol–water partition coefficient (Wildman–Crippen LogP) is 1.95. The largest absolute Gasteiger partial charge is 0.497 e. The normalized spacial score (nSPS) is 18.2. The third-order valence-corrected chi connectivity index (χ3v) is 4.31. The van der Waals surface area contributed by atoms with Crippen LogP contribution in [0.4, 0.5) is 4.79 Å². The lowest BCUT2D eigenvalue weighted by Crippen LogP contribution is -2.51. The molecule has 1 saturated heterocycles. The van der Waals surface area contributed by atoms with Crippen molar-refractivity contribution < 1.29 is 14.3 Å². The van der Waals surface area contributed by atoms with Crippen molar-refractivity contribution in [3.8, 4) is 5.75 Å². The first-order chi connectivity index (χ1) is 11.6. The minimum Gasteiger partial charge on any atom is -0.497 e. The summed E-state index contributed by atoms with van der Waals surface area (Å²) in [5, 5.41) is 3.17. The number of nitrogens with one attached hydrogen (secondary N) is 1. The minimum absolute atomic E-state index is 0.0323. The number of amides is 2. The maximum atomic E-state index is 12.7. The van der Waals surface area contributed by atoms with E-state index >= 15 is 0 Å². The molecule has 0 spiro atoms. The molecule has 2 rings (SSSR count). The Morgan fingerprint density at radius 1 is 1.42 bits per heavy atom. The minimum atomic E-state index is -0.0323. The van der Waals surface area contributed by atoms with Gasteiger partial charge in [0.15, 0.2) is 0 Å². The van der Waals surface area contributed by atoms with Gasteiger partial charge in [-0.25, -0.2) is 4.79 Å². The summed E-state index contributed by atoms with van der Waals surface area (Å²) < 4.78 is 10.4. The molecule has 0 unspecified atom stereocenters. The summed E-state index contributed by atoms with van der Waals surface area (Å²) in [7, 11) is 5.39. The number of likely N-dealkylation sites (tertiary alicyclic amines) is 1. The van der Waals surface area contributed by atoms with E-state index in [1.165, 1.54) is 0 Å². The number of ether oxygens (including phenoxy) is 2. The van der Waals surface area contributed by atoms with Crippen molar-refractivity contribution >= 4 is 6.03 Å². The van der Waals surface area contributed by atoms with Crippen molar-refractivity contribution in [3.05, 3.63) is 29.8 Å². The van der Waals surface area contributed by atoms with Gasteiger partial charge in [-0.1, -0.05) is 12.1 Å². The van der Waals surface area contributed by atoms with Crippen LogP contribution in [0.2, 0.25) is 0 Å². The van der Waals surface area contributed by atoms with E-state index < -0.39 is 0 Å². The van der Waals surface area contributed by atoms with Crippen LogP contribution in [0.5, 0.6) is 5.75 Å². The number of nitrogens with zero attached hydrogens (tertiary/aromatic N) is 2. The number of likely N-dealkylation sites (N-methyl/N-ethyl adjacent to an activating group) is 1. The molecule has 24 heavy (non-hydrogen) atoms. The molecule has 1 aliphatic heterocycles. The van der Waals surface area contributed by atoms with Crippen LogP contribution >= 0.6 is 0 Å². The maximum Gasteiger partial charge on any atom is 0.318 e. The Morgan fingerprint density at radius 2 is 2.25 bits per heavy atom. The first-order valence-electron chi connectivity index (χ1n) is 8.48. The lowest BCUT2D eigenvalue weighted by Gasteiger charge is -2.32. The fourth-order valence-electron chi connectivity index (χ4n) is 3.00. The van der Waals surface area contributed by atoms with E-state index in [0.717, 1.165) is 37.2 Å². The van der Waals surface area contributed by atoms with Crippen molar-refractivity contribution in [2.45, 2.75) is 25.4 Å². The van der Waals surface area contributed by atoms with Crippen molar-refractivity contribution in [2.75, 3.05) is 47.5 Å². The van der Waals surface area contributed by atoms with Crippen LogP contribution in [0, 0.1) is 0 Å². The summed E-state index contributed by atoms with van der Waals surface area (Å²) in [6, 6.07) is 7.99. The summed E-state index contributed by atoms with van der Waals surface area (Å²) in [4.78, 5) is 16.8. The van der Waals surface area contributed by atoms with Gasteiger partial charge in [-0.3, -0.25) is 0 Å². The molecule has 1 aromatic carbocycles. The highest BCUT2D eigenvalue weighted by molar-refractivity contribution is 5.74. The number of rotatable bonds is 7. The Labute approximate surface area is 144 Å². The highest BCUT2D eigenvalue weighted by atomic mass is 16.5. The molecule has 6 heteroatoms. The summed E-state index contributed by atoms with van der Waals surface area (Å²) >= 11 is 0. The average Bonchev–Trinajstić information content (AvgIpc) is 2.58. The fourth-order valence-corrected chi connectivity index (χ4v) is 3.00. The van der Waals surface area contributed by atoms with Crippen LogP contribution in [-0.4, -0.2) is 69.4 Å². The number of benzene rings is 1. The first kappa shape index (κ1) is 18.5. The van der Waals surface area contributed by atoms with Gasteiger partial charge in [0.1, 0.15) is 5.75 Å². The van der Waals surface area contributed by atoms with Gasteiger partial charge in [-0.05, 0) is 44.1 Å². The number of carbonyl (C=O) groups is 1. The Morgan fingerprint density at radius 3 is 2.96 bits per heavy atom. The molecule has 0 radical (unpaired) electrons. The van der Waals surface area contributed by atoms with Gasteiger partial charge in [-0.15, -0.1) is 0 Å². The van der Waals surface area contributed by atoms with Crippen LogP contribution < -0.4 is 10.1 Å². The van der Waals surface area contributed by atoms with E-state index in [4.69, 9.17) is 9.47 Å². The Balaban J connectivity index is 1.98. The molecule has 0 aromatic heterocycles. The Hall–Kier alpha value is -1.79. The SMILES string of the molecule is COCCN(Cc1cccc(OC)c1)C(=O)N[C@@H]1CCCN(C)C1. The molecule has 134 valence electrons. The van der Waals surface area contributed by atoms with Crippen molar-refractivity contribution in [2.24, 2.45) is 0 Å². The van der Waals surface area contributed by atoms with Gasteiger partial charge in [0.2, 0.25) is 0 Å². The van der Waals surface area contributed by atoms with Gasteiger partial charge in [0.25, 0.3) is 0 Å². The van der Waals surface area contributed by atoms with Crippen molar-refractivity contribution in [1.29, 1.82) is 0 Å².